The van der Waals surface area contributed by atoms with Crippen LogP contribution in [-0.2, 0) is 0 Å². The summed E-state index contributed by atoms with van der Waals surface area (Å²) >= 11 is 3.62. The third-order valence-corrected chi connectivity index (χ3v) is 8.05. The molecule has 42 heavy (non-hydrogen) atoms. The fraction of sp³-hybridized carbons (Fsp3) is 0.0938. The van der Waals surface area contributed by atoms with Crippen LogP contribution in [0, 0.1) is 6.92 Å². The lowest BCUT2D eigenvalue weighted by atomic mass is 9.92. The standard InChI is InChI=1S/C32H23BrN6O3/c1-18-28-29(22-15-19(33)11-13-25(22)40)38-24-10-6-5-9-23(24)35-30(34-20-12-14-26-27(16-20)42-17-41-26)32(38)36-31(28)39(37-18)21-7-3-2-4-8-21/h2-16,29,40H,17H2,1H3,(H,34,35)/t29-/m1/s1. The summed E-state index contributed by atoms with van der Waals surface area (Å²) in [5.74, 6) is 3.36. The number of phenols is 1. The average molecular weight is 619 g/mol. The molecule has 2 N–H and O–H groups in total. The Morgan fingerprint density at radius 3 is 2.60 bits per heavy atom. The number of aromatic nitrogens is 2. The number of para-hydroxylation sites is 3. The first-order valence-electron chi connectivity index (χ1n) is 13.4. The number of aliphatic imine (C=N–C) groups is 2. The molecule has 206 valence electrons. The first-order valence-corrected chi connectivity index (χ1v) is 14.2. The second kappa shape index (κ2) is 9.49. The van der Waals surface area contributed by atoms with Gasteiger partial charge in [-0.1, -0.05) is 46.3 Å². The minimum atomic E-state index is -0.451. The molecule has 4 aromatic carbocycles. The van der Waals surface area contributed by atoms with Crippen molar-refractivity contribution in [2.24, 2.45) is 9.98 Å². The fourth-order valence-corrected chi connectivity index (χ4v) is 6.08. The first kappa shape index (κ1) is 24.7. The highest BCUT2D eigenvalue weighted by molar-refractivity contribution is 9.10. The van der Waals surface area contributed by atoms with Crippen LogP contribution in [0.25, 0.3) is 5.69 Å². The van der Waals surface area contributed by atoms with Crippen molar-refractivity contribution in [2.75, 3.05) is 17.0 Å². The molecule has 0 amide bonds. The molecule has 1 aromatic heterocycles. The molecule has 0 unspecified atom stereocenters. The van der Waals surface area contributed by atoms with Crippen molar-refractivity contribution in [1.82, 2.24) is 9.78 Å². The van der Waals surface area contributed by atoms with Crippen molar-refractivity contribution in [3.05, 3.63) is 112 Å². The van der Waals surface area contributed by atoms with Gasteiger partial charge in [0, 0.05) is 27.4 Å². The van der Waals surface area contributed by atoms with Gasteiger partial charge in [-0.05, 0) is 61.5 Å². The summed E-state index contributed by atoms with van der Waals surface area (Å²) in [6.45, 7) is 2.17. The molecule has 3 aliphatic rings. The number of aromatic hydroxyl groups is 1. The molecule has 0 spiro atoms. The number of anilines is 2. The Morgan fingerprint density at radius 1 is 0.905 bits per heavy atom. The van der Waals surface area contributed by atoms with Gasteiger partial charge in [-0.2, -0.15) is 5.10 Å². The van der Waals surface area contributed by atoms with Crippen molar-refractivity contribution in [2.45, 2.75) is 13.0 Å². The van der Waals surface area contributed by atoms with E-state index in [-0.39, 0.29) is 12.5 Å². The monoisotopic (exact) mass is 618 g/mol. The predicted molar refractivity (Wildman–Crippen MR) is 165 cm³/mol. The number of phenolic OH excluding ortho intramolecular Hbond substituents is 1. The summed E-state index contributed by atoms with van der Waals surface area (Å²) in [5, 5.41) is 19.7. The Bertz CT molecular complexity index is 1950. The van der Waals surface area contributed by atoms with Gasteiger partial charge in [-0.25, -0.2) is 14.7 Å². The summed E-state index contributed by atoms with van der Waals surface area (Å²) < 4.78 is 13.8. The van der Waals surface area contributed by atoms with Crippen molar-refractivity contribution >= 4 is 50.5 Å². The van der Waals surface area contributed by atoms with Gasteiger partial charge in [-0.15, -0.1) is 0 Å². The lowest BCUT2D eigenvalue weighted by Crippen LogP contribution is -2.46. The van der Waals surface area contributed by atoms with E-state index in [4.69, 9.17) is 24.6 Å². The third kappa shape index (κ3) is 3.87. The number of aryl methyl sites for hydroxylation is 1. The molecule has 9 nitrogen and oxygen atoms in total. The van der Waals surface area contributed by atoms with E-state index in [2.05, 4.69) is 26.1 Å². The van der Waals surface area contributed by atoms with Gasteiger partial charge in [0.2, 0.25) is 6.79 Å². The summed E-state index contributed by atoms with van der Waals surface area (Å²) in [6, 6.07) is 28.6. The second-order valence-corrected chi connectivity index (χ2v) is 11.0. The van der Waals surface area contributed by atoms with Crippen molar-refractivity contribution in [3.63, 3.8) is 0 Å². The van der Waals surface area contributed by atoms with Gasteiger partial charge in [-0.3, -0.25) is 0 Å². The molecule has 10 heteroatoms. The number of hydrogen-bond acceptors (Lipinski definition) is 8. The molecule has 4 heterocycles. The maximum Gasteiger partial charge on any atom is 0.231 e. The van der Waals surface area contributed by atoms with E-state index >= 15 is 0 Å². The van der Waals surface area contributed by atoms with Crippen LogP contribution in [0.15, 0.2) is 105 Å². The summed E-state index contributed by atoms with van der Waals surface area (Å²) in [4.78, 5) is 12.4. The van der Waals surface area contributed by atoms with E-state index in [1.54, 1.807) is 6.07 Å². The Balaban J connectivity index is 1.38. The number of ether oxygens (including phenoxy) is 2. The van der Waals surface area contributed by atoms with Gasteiger partial charge in [0.05, 0.1) is 28.8 Å². The highest BCUT2D eigenvalue weighted by Crippen LogP contribution is 2.50. The SMILES string of the molecule is Cc1nn(-c2ccccc2)c2c1[C@@H](c1cc(Br)ccc1O)N1C(=N2)C(Nc2ccc3c(c2)OCO3)=Nc2ccccc21. The Morgan fingerprint density at radius 2 is 1.71 bits per heavy atom. The first-order chi connectivity index (χ1) is 20.5. The van der Waals surface area contributed by atoms with Crippen LogP contribution < -0.4 is 19.7 Å². The van der Waals surface area contributed by atoms with Gasteiger partial charge in [0.15, 0.2) is 29.0 Å². The normalized spacial score (nSPS) is 16.2. The van der Waals surface area contributed by atoms with E-state index in [9.17, 15) is 5.11 Å². The van der Waals surface area contributed by atoms with Gasteiger partial charge < -0.3 is 24.8 Å². The largest absolute Gasteiger partial charge is 0.508 e. The molecule has 0 bridgehead atoms. The van der Waals surface area contributed by atoms with Gasteiger partial charge in [0.25, 0.3) is 0 Å². The van der Waals surface area contributed by atoms with Crippen molar-refractivity contribution in [3.8, 4) is 22.9 Å². The zero-order valence-corrected chi connectivity index (χ0v) is 23.9. The lowest BCUT2D eigenvalue weighted by Gasteiger charge is -2.40. The molecular weight excluding hydrogens is 596 g/mol. The minimum absolute atomic E-state index is 0.174. The van der Waals surface area contributed by atoms with E-state index in [0.717, 1.165) is 38.5 Å². The van der Waals surface area contributed by atoms with Gasteiger partial charge >= 0.3 is 0 Å². The zero-order chi connectivity index (χ0) is 28.4. The molecule has 0 fully saturated rings. The molecule has 0 saturated carbocycles. The maximum atomic E-state index is 11.3. The highest BCUT2D eigenvalue weighted by Gasteiger charge is 2.42. The molecule has 0 aliphatic carbocycles. The topological polar surface area (TPSA) is 96.5 Å². The van der Waals surface area contributed by atoms with E-state index < -0.39 is 6.04 Å². The molecule has 1 atom stereocenters. The molecular formula is C32H23BrN6O3. The number of fused-ring (bicyclic) bond motifs is 5. The van der Waals surface area contributed by atoms with Crippen LogP contribution in [0.4, 0.5) is 22.9 Å². The Kier molecular flexibility index (Phi) is 5.58. The number of hydrogen-bond donors (Lipinski definition) is 2. The average Bonchev–Trinajstić information content (AvgIpc) is 3.62. The summed E-state index contributed by atoms with van der Waals surface area (Å²) in [5.41, 5.74) is 5.73. The quantitative estimate of drug-likeness (QED) is 0.222. The molecule has 0 radical (unpaired) electrons. The van der Waals surface area contributed by atoms with E-state index in [1.165, 1.54) is 0 Å². The maximum absolute atomic E-state index is 11.3. The molecule has 0 saturated heterocycles. The number of benzene rings is 4. The molecule has 5 aromatic rings. The Labute approximate surface area is 249 Å². The lowest BCUT2D eigenvalue weighted by molar-refractivity contribution is 0.174. The number of halogens is 1. The van der Waals surface area contributed by atoms with Gasteiger partial charge in [0.1, 0.15) is 5.75 Å². The Hall–Kier alpha value is -5.09. The van der Waals surface area contributed by atoms with Crippen molar-refractivity contribution < 1.29 is 14.6 Å². The number of nitrogens with one attached hydrogen (secondary N) is 1. The van der Waals surface area contributed by atoms with Crippen LogP contribution in [-0.4, -0.2) is 33.4 Å². The number of nitrogens with zero attached hydrogens (tertiary/aromatic N) is 5. The summed E-state index contributed by atoms with van der Waals surface area (Å²) in [6.07, 6.45) is 0. The van der Waals surface area contributed by atoms with Crippen molar-refractivity contribution in [1.29, 1.82) is 0 Å². The van der Waals surface area contributed by atoms with Crippen LogP contribution in [0.2, 0.25) is 0 Å². The second-order valence-electron chi connectivity index (χ2n) is 10.1. The number of rotatable bonds is 3. The zero-order valence-electron chi connectivity index (χ0n) is 22.3. The number of amidine groups is 2. The van der Waals surface area contributed by atoms with E-state index in [0.29, 0.717) is 34.6 Å². The van der Waals surface area contributed by atoms with Crippen LogP contribution in [0.3, 0.4) is 0 Å². The smallest absolute Gasteiger partial charge is 0.231 e. The van der Waals surface area contributed by atoms with Crippen LogP contribution in [0.5, 0.6) is 17.2 Å². The minimum Gasteiger partial charge on any atom is -0.508 e. The fourth-order valence-electron chi connectivity index (χ4n) is 5.70. The van der Waals surface area contributed by atoms with Crippen LogP contribution >= 0.6 is 15.9 Å². The summed E-state index contributed by atoms with van der Waals surface area (Å²) in [7, 11) is 0. The molecule has 8 rings (SSSR count). The highest BCUT2D eigenvalue weighted by atomic mass is 79.9. The third-order valence-electron chi connectivity index (χ3n) is 7.56. The molecule has 3 aliphatic heterocycles. The van der Waals surface area contributed by atoms with Crippen LogP contribution in [0.1, 0.15) is 22.9 Å². The predicted octanol–water partition coefficient (Wildman–Crippen LogP) is 7.17. The van der Waals surface area contributed by atoms with E-state index in [1.807, 2.05) is 96.5 Å².